The van der Waals surface area contributed by atoms with E-state index in [1.54, 1.807) is 6.07 Å². The average molecular weight is 316 g/mol. The van der Waals surface area contributed by atoms with Crippen molar-refractivity contribution in [1.82, 2.24) is 14.7 Å². The number of carboxylic acid groups (broad SMARTS) is 1. The molecule has 7 nitrogen and oxygen atoms in total. The van der Waals surface area contributed by atoms with Crippen LogP contribution in [0.4, 0.5) is 5.82 Å². The molecule has 2 fully saturated rings. The Hall–Kier alpha value is -0.254. The van der Waals surface area contributed by atoms with Crippen molar-refractivity contribution in [1.29, 1.82) is 0 Å². The third kappa shape index (κ3) is 4.36. The molecule has 1 aliphatic heterocycles. The van der Waals surface area contributed by atoms with E-state index >= 15 is 0 Å². The van der Waals surface area contributed by atoms with Crippen LogP contribution in [0.25, 0.3) is 0 Å². The van der Waals surface area contributed by atoms with Crippen molar-refractivity contribution >= 4 is 17.7 Å². The summed E-state index contributed by atoms with van der Waals surface area (Å²) in [7, 11) is 0. The minimum absolute atomic E-state index is 0. The Bertz CT molecular complexity index is 529. The average Bonchev–Trinajstić information content (AvgIpc) is 2.95. The predicted molar refractivity (Wildman–Crippen MR) is 68.6 cm³/mol. The van der Waals surface area contributed by atoms with E-state index in [9.17, 15) is 14.7 Å². The summed E-state index contributed by atoms with van der Waals surface area (Å²) in [5, 5.41) is 17.2. The summed E-state index contributed by atoms with van der Waals surface area (Å²) in [5.41, 5.74) is 0. The smallest absolute Gasteiger partial charge is 0.548 e. The van der Waals surface area contributed by atoms with Gasteiger partial charge in [-0.3, -0.25) is 14.4 Å². The van der Waals surface area contributed by atoms with Gasteiger partial charge in [0.2, 0.25) is 5.91 Å². The number of carbonyl (C=O) groups is 2. The maximum absolute atomic E-state index is 12.3. The number of nitrogens with one attached hydrogen (secondary N) is 1. The number of aliphatic carboxylic acids is 1. The molecule has 1 aromatic rings. The summed E-state index contributed by atoms with van der Waals surface area (Å²) in [4.78, 5) is 25.0. The molecule has 1 atom stereocenters. The zero-order valence-electron chi connectivity index (χ0n) is 12.1. The van der Waals surface area contributed by atoms with Crippen molar-refractivity contribution in [2.45, 2.75) is 44.3 Å². The van der Waals surface area contributed by atoms with Gasteiger partial charge in [0, 0.05) is 18.3 Å². The number of anilines is 1. The standard InChI is InChI=1S/C13H18N4O3.K/c18-12(19)8-16-7-5-11(15-16)14-13(20)10-2-1-6-17(10)9-3-4-9;/h5,7,9-10H,1-4,6,8H2,(H,18,19)(H,14,15,20);/q;+1/p-1. The summed E-state index contributed by atoms with van der Waals surface area (Å²) >= 11 is 0. The van der Waals surface area contributed by atoms with E-state index in [1.807, 2.05) is 0 Å². The normalized spacial score (nSPS) is 21.8. The molecule has 8 heteroatoms. The second kappa shape index (κ2) is 7.34. The molecule has 1 aromatic heterocycles. The fourth-order valence-electron chi connectivity index (χ4n) is 2.77. The van der Waals surface area contributed by atoms with Gasteiger partial charge >= 0.3 is 51.4 Å². The molecule has 1 N–H and O–H groups in total. The Labute approximate surface area is 165 Å². The van der Waals surface area contributed by atoms with Crippen molar-refractivity contribution in [3.8, 4) is 0 Å². The number of carboxylic acids is 1. The molecule has 0 radical (unpaired) electrons. The fraction of sp³-hybridized carbons (Fsp3) is 0.615. The predicted octanol–water partition coefficient (Wildman–Crippen LogP) is -3.80. The largest absolute Gasteiger partial charge is 1.00 e. The maximum atomic E-state index is 12.3. The molecule has 2 aliphatic rings. The second-order valence-electron chi connectivity index (χ2n) is 5.39. The van der Waals surface area contributed by atoms with Crippen LogP contribution in [0.1, 0.15) is 25.7 Å². The van der Waals surface area contributed by atoms with Gasteiger partial charge in [0.05, 0.1) is 18.6 Å². The Morgan fingerprint density at radius 2 is 2.14 bits per heavy atom. The van der Waals surface area contributed by atoms with E-state index in [0.29, 0.717) is 11.9 Å². The van der Waals surface area contributed by atoms with Crippen LogP contribution in [0, 0.1) is 0 Å². The van der Waals surface area contributed by atoms with Crippen molar-refractivity contribution in [2.75, 3.05) is 11.9 Å². The van der Waals surface area contributed by atoms with Gasteiger partial charge in [0.25, 0.3) is 0 Å². The molecule has 1 amide bonds. The number of aromatic nitrogens is 2. The third-order valence-electron chi connectivity index (χ3n) is 3.80. The Morgan fingerprint density at radius 1 is 1.38 bits per heavy atom. The van der Waals surface area contributed by atoms with Crippen LogP contribution in [0.15, 0.2) is 12.3 Å². The van der Waals surface area contributed by atoms with Crippen molar-refractivity contribution in [3.05, 3.63) is 12.3 Å². The van der Waals surface area contributed by atoms with Crippen molar-refractivity contribution in [2.24, 2.45) is 0 Å². The molecule has 1 saturated heterocycles. The van der Waals surface area contributed by atoms with E-state index < -0.39 is 5.97 Å². The van der Waals surface area contributed by atoms with Gasteiger partial charge in [-0.1, -0.05) is 0 Å². The first kappa shape index (κ1) is 17.1. The quantitative estimate of drug-likeness (QED) is 0.563. The van der Waals surface area contributed by atoms with Crippen molar-refractivity contribution < 1.29 is 66.1 Å². The SMILES string of the molecule is O=C([O-])Cn1ccc(NC(=O)C2CCCN2C2CC2)n1.[K+]. The van der Waals surface area contributed by atoms with Crippen molar-refractivity contribution in [3.63, 3.8) is 0 Å². The molecule has 3 rings (SSSR count). The fourth-order valence-corrected chi connectivity index (χ4v) is 2.77. The number of likely N-dealkylation sites (tertiary alicyclic amines) is 1. The Morgan fingerprint density at radius 3 is 2.81 bits per heavy atom. The number of carbonyl (C=O) groups excluding carboxylic acids is 2. The molecular formula is C13H17KN4O3. The Balaban J connectivity index is 0.00000161. The van der Waals surface area contributed by atoms with E-state index in [0.717, 1.165) is 19.4 Å². The monoisotopic (exact) mass is 316 g/mol. The van der Waals surface area contributed by atoms with Crippen LogP contribution in [0.2, 0.25) is 0 Å². The first-order valence-corrected chi connectivity index (χ1v) is 6.93. The second-order valence-corrected chi connectivity index (χ2v) is 5.39. The van der Waals surface area contributed by atoms with Crippen LogP contribution >= 0.6 is 0 Å². The van der Waals surface area contributed by atoms with E-state index in [4.69, 9.17) is 0 Å². The number of nitrogens with zero attached hydrogens (tertiary/aromatic N) is 3. The van der Waals surface area contributed by atoms with Crippen LogP contribution in [0.3, 0.4) is 0 Å². The minimum Gasteiger partial charge on any atom is -0.548 e. The van der Waals surface area contributed by atoms with Crippen LogP contribution < -0.4 is 61.8 Å². The number of rotatable bonds is 5. The summed E-state index contributed by atoms with van der Waals surface area (Å²) in [6.45, 7) is 0.676. The van der Waals surface area contributed by atoms with Crippen LogP contribution in [-0.2, 0) is 16.1 Å². The minimum atomic E-state index is -1.21. The summed E-state index contributed by atoms with van der Waals surface area (Å²) in [6.07, 6.45) is 5.81. The summed E-state index contributed by atoms with van der Waals surface area (Å²) in [5.74, 6) is -0.867. The first-order valence-electron chi connectivity index (χ1n) is 6.93. The number of hydrogen-bond donors (Lipinski definition) is 1. The van der Waals surface area contributed by atoms with Gasteiger partial charge in [-0.25, -0.2) is 0 Å². The zero-order valence-corrected chi connectivity index (χ0v) is 15.2. The molecule has 1 aliphatic carbocycles. The van der Waals surface area contributed by atoms with Gasteiger partial charge in [-0.15, -0.1) is 0 Å². The van der Waals surface area contributed by atoms with E-state index in [2.05, 4.69) is 15.3 Å². The van der Waals surface area contributed by atoms with Gasteiger partial charge < -0.3 is 15.2 Å². The van der Waals surface area contributed by atoms with Gasteiger partial charge in [-0.2, -0.15) is 5.10 Å². The molecular weight excluding hydrogens is 299 g/mol. The molecule has 2 heterocycles. The zero-order chi connectivity index (χ0) is 14.1. The molecule has 0 spiro atoms. The first-order chi connectivity index (χ1) is 9.63. The molecule has 108 valence electrons. The number of hydrogen-bond acceptors (Lipinski definition) is 5. The van der Waals surface area contributed by atoms with Gasteiger partial charge in [-0.05, 0) is 32.2 Å². The van der Waals surface area contributed by atoms with E-state index in [1.165, 1.54) is 23.7 Å². The molecule has 21 heavy (non-hydrogen) atoms. The summed E-state index contributed by atoms with van der Waals surface area (Å²) in [6, 6.07) is 2.09. The Kier molecular flexibility index (Phi) is 5.98. The topological polar surface area (TPSA) is 90.3 Å². The molecule has 0 bridgehead atoms. The van der Waals surface area contributed by atoms with Crippen LogP contribution in [0.5, 0.6) is 0 Å². The summed E-state index contributed by atoms with van der Waals surface area (Å²) < 4.78 is 1.23. The third-order valence-corrected chi connectivity index (χ3v) is 3.80. The van der Waals surface area contributed by atoms with E-state index in [-0.39, 0.29) is 69.9 Å². The molecule has 0 aromatic carbocycles. The van der Waals surface area contributed by atoms with Gasteiger partial charge in [0.15, 0.2) is 5.82 Å². The van der Waals surface area contributed by atoms with Gasteiger partial charge in [0.1, 0.15) is 0 Å². The number of amides is 1. The molecule has 1 saturated carbocycles. The maximum Gasteiger partial charge on any atom is 1.00 e. The molecule has 1 unspecified atom stereocenters. The van der Waals surface area contributed by atoms with Crippen LogP contribution in [-0.4, -0.2) is 45.2 Å².